The molecule has 0 spiro atoms. The van der Waals surface area contributed by atoms with Crippen LogP contribution in [0.2, 0.25) is 0 Å². The minimum atomic E-state index is -0.423. The van der Waals surface area contributed by atoms with Crippen molar-refractivity contribution in [2.45, 2.75) is 20.3 Å². The smallest absolute Gasteiger partial charge is 0.271 e. The Morgan fingerprint density at radius 3 is 2.71 bits per heavy atom. The first kappa shape index (κ1) is 17.3. The first-order valence-corrected chi connectivity index (χ1v) is 7.49. The van der Waals surface area contributed by atoms with Crippen LogP contribution in [0.4, 0.5) is 10.1 Å². The van der Waals surface area contributed by atoms with E-state index in [-0.39, 0.29) is 11.7 Å². The molecule has 6 heteroatoms. The first-order valence-electron chi connectivity index (χ1n) is 7.49. The van der Waals surface area contributed by atoms with Crippen molar-refractivity contribution in [3.8, 4) is 0 Å². The van der Waals surface area contributed by atoms with Crippen LogP contribution in [0.15, 0.2) is 47.6 Å². The number of nitrogens with zero attached hydrogens (tertiary/aromatic N) is 1. The SMILES string of the molecule is CCC(=O)Nc1cccc(C(=O)N/N=C/c2cccc(F)c2C)c1. The molecule has 2 aromatic carbocycles. The standard InChI is InChI=1S/C18H18FN3O2/c1-3-17(23)21-15-8-4-6-13(10-15)18(24)22-20-11-14-7-5-9-16(19)12(14)2/h4-11H,3H2,1-2H3,(H,21,23)(H,22,24)/b20-11+. The molecule has 2 amide bonds. The average molecular weight is 327 g/mol. The van der Waals surface area contributed by atoms with Gasteiger partial charge in [-0.2, -0.15) is 5.10 Å². The van der Waals surface area contributed by atoms with Crippen LogP contribution >= 0.6 is 0 Å². The van der Waals surface area contributed by atoms with Crippen molar-refractivity contribution in [1.82, 2.24) is 5.43 Å². The molecule has 124 valence electrons. The van der Waals surface area contributed by atoms with E-state index in [1.807, 2.05) is 0 Å². The minimum absolute atomic E-state index is 0.132. The molecule has 0 aliphatic heterocycles. The minimum Gasteiger partial charge on any atom is -0.326 e. The topological polar surface area (TPSA) is 70.6 Å². The summed E-state index contributed by atoms with van der Waals surface area (Å²) in [5, 5.41) is 6.53. The van der Waals surface area contributed by atoms with E-state index >= 15 is 0 Å². The number of hydrazone groups is 1. The highest BCUT2D eigenvalue weighted by molar-refractivity contribution is 5.97. The molecule has 0 fully saturated rings. The molecule has 2 rings (SSSR count). The van der Waals surface area contributed by atoms with Gasteiger partial charge in [-0.3, -0.25) is 9.59 Å². The molecule has 2 N–H and O–H groups in total. The van der Waals surface area contributed by atoms with Crippen LogP contribution in [0.1, 0.15) is 34.8 Å². The molecule has 0 aromatic heterocycles. The van der Waals surface area contributed by atoms with Crippen molar-refractivity contribution in [3.63, 3.8) is 0 Å². The zero-order chi connectivity index (χ0) is 17.5. The number of hydrogen-bond acceptors (Lipinski definition) is 3. The number of carbonyl (C=O) groups is 2. The number of anilines is 1. The monoisotopic (exact) mass is 327 g/mol. The van der Waals surface area contributed by atoms with Gasteiger partial charge in [0.1, 0.15) is 5.82 Å². The number of halogens is 1. The van der Waals surface area contributed by atoms with Crippen LogP contribution in [0.5, 0.6) is 0 Å². The summed E-state index contributed by atoms with van der Waals surface area (Å²) in [7, 11) is 0. The highest BCUT2D eigenvalue weighted by Crippen LogP contribution is 2.12. The lowest BCUT2D eigenvalue weighted by Gasteiger charge is -2.06. The van der Waals surface area contributed by atoms with Crippen molar-refractivity contribution in [2.75, 3.05) is 5.32 Å². The van der Waals surface area contributed by atoms with Crippen molar-refractivity contribution in [3.05, 3.63) is 65.0 Å². The second kappa shape index (κ2) is 8.01. The molecule has 0 aliphatic carbocycles. The van der Waals surface area contributed by atoms with Gasteiger partial charge in [0.15, 0.2) is 0 Å². The zero-order valence-corrected chi connectivity index (χ0v) is 13.5. The van der Waals surface area contributed by atoms with Crippen LogP contribution in [-0.2, 0) is 4.79 Å². The van der Waals surface area contributed by atoms with Crippen molar-refractivity contribution >= 4 is 23.7 Å². The molecule has 0 saturated heterocycles. The van der Waals surface area contributed by atoms with Gasteiger partial charge in [-0.1, -0.05) is 25.1 Å². The predicted molar refractivity (Wildman–Crippen MR) is 91.6 cm³/mol. The molecule has 0 unspecified atom stereocenters. The summed E-state index contributed by atoms with van der Waals surface area (Å²) in [5.74, 6) is -0.885. The van der Waals surface area contributed by atoms with Crippen molar-refractivity contribution in [1.29, 1.82) is 0 Å². The molecule has 24 heavy (non-hydrogen) atoms. The van der Waals surface area contributed by atoms with E-state index in [1.54, 1.807) is 50.2 Å². The van der Waals surface area contributed by atoms with Crippen LogP contribution < -0.4 is 10.7 Å². The fourth-order valence-electron chi connectivity index (χ4n) is 1.98. The molecule has 5 nitrogen and oxygen atoms in total. The van der Waals surface area contributed by atoms with Crippen LogP contribution in [-0.4, -0.2) is 18.0 Å². The number of benzene rings is 2. The van der Waals surface area contributed by atoms with Gasteiger partial charge in [0.25, 0.3) is 5.91 Å². The van der Waals surface area contributed by atoms with Gasteiger partial charge in [-0.05, 0) is 36.8 Å². The van der Waals surface area contributed by atoms with E-state index < -0.39 is 5.91 Å². The first-order chi connectivity index (χ1) is 11.5. The summed E-state index contributed by atoms with van der Waals surface area (Å²) in [6.45, 7) is 3.38. The third-order valence-corrected chi connectivity index (χ3v) is 3.41. The van der Waals surface area contributed by atoms with Crippen LogP contribution in [0.25, 0.3) is 0 Å². The molecular formula is C18H18FN3O2. The quantitative estimate of drug-likeness (QED) is 0.654. The molecule has 0 heterocycles. The Kier molecular flexibility index (Phi) is 5.78. The average Bonchev–Trinajstić information content (AvgIpc) is 2.58. The van der Waals surface area contributed by atoms with Gasteiger partial charge < -0.3 is 5.32 Å². The van der Waals surface area contributed by atoms with Gasteiger partial charge >= 0.3 is 0 Å². The Balaban J connectivity index is 2.04. The summed E-state index contributed by atoms with van der Waals surface area (Å²) in [6.07, 6.45) is 1.74. The van der Waals surface area contributed by atoms with Gasteiger partial charge in [-0.15, -0.1) is 0 Å². The third-order valence-electron chi connectivity index (χ3n) is 3.41. The molecule has 2 aromatic rings. The Hall–Kier alpha value is -3.02. The lowest BCUT2D eigenvalue weighted by molar-refractivity contribution is -0.115. The van der Waals surface area contributed by atoms with E-state index in [0.29, 0.717) is 28.8 Å². The lowest BCUT2D eigenvalue weighted by atomic mass is 10.1. The normalized spacial score (nSPS) is 10.6. The fourth-order valence-corrected chi connectivity index (χ4v) is 1.98. The van der Waals surface area contributed by atoms with Gasteiger partial charge in [0.2, 0.25) is 5.91 Å². The number of rotatable bonds is 5. The highest BCUT2D eigenvalue weighted by atomic mass is 19.1. The van der Waals surface area contributed by atoms with E-state index in [0.717, 1.165) is 0 Å². The lowest BCUT2D eigenvalue weighted by Crippen LogP contribution is -2.18. The summed E-state index contributed by atoms with van der Waals surface area (Å²) in [5.41, 5.74) is 4.32. The largest absolute Gasteiger partial charge is 0.326 e. The van der Waals surface area contributed by atoms with E-state index in [4.69, 9.17) is 0 Å². The summed E-state index contributed by atoms with van der Waals surface area (Å²) < 4.78 is 13.4. The Morgan fingerprint density at radius 1 is 1.21 bits per heavy atom. The fraction of sp³-hybridized carbons (Fsp3) is 0.167. The summed E-state index contributed by atoms with van der Waals surface area (Å²) >= 11 is 0. The van der Waals surface area contributed by atoms with Gasteiger partial charge in [-0.25, -0.2) is 9.82 Å². The van der Waals surface area contributed by atoms with Gasteiger partial charge in [0.05, 0.1) is 6.21 Å². The number of carbonyl (C=O) groups excluding carboxylic acids is 2. The predicted octanol–water partition coefficient (Wildman–Crippen LogP) is 3.25. The molecule has 0 atom stereocenters. The second-order valence-electron chi connectivity index (χ2n) is 5.14. The Morgan fingerprint density at radius 2 is 1.96 bits per heavy atom. The zero-order valence-electron chi connectivity index (χ0n) is 13.5. The molecule has 0 saturated carbocycles. The van der Waals surface area contributed by atoms with Crippen LogP contribution in [0, 0.1) is 12.7 Å². The maximum Gasteiger partial charge on any atom is 0.271 e. The summed E-state index contributed by atoms with van der Waals surface area (Å²) in [4.78, 5) is 23.5. The molecular weight excluding hydrogens is 309 g/mol. The van der Waals surface area contributed by atoms with Crippen molar-refractivity contribution < 1.29 is 14.0 Å². The Labute approximate surface area is 139 Å². The van der Waals surface area contributed by atoms with Gasteiger partial charge in [0, 0.05) is 23.2 Å². The number of hydrogen-bond donors (Lipinski definition) is 2. The van der Waals surface area contributed by atoms with E-state index in [2.05, 4.69) is 15.8 Å². The number of nitrogens with one attached hydrogen (secondary N) is 2. The van der Waals surface area contributed by atoms with E-state index in [1.165, 1.54) is 12.3 Å². The maximum atomic E-state index is 13.4. The maximum absolute atomic E-state index is 13.4. The highest BCUT2D eigenvalue weighted by Gasteiger charge is 2.07. The second-order valence-corrected chi connectivity index (χ2v) is 5.14. The van der Waals surface area contributed by atoms with Crippen LogP contribution in [0.3, 0.4) is 0 Å². The Bertz CT molecular complexity index is 788. The molecule has 0 aliphatic rings. The molecule has 0 bridgehead atoms. The molecule has 0 radical (unpaired) electrons. The van der Waals surface area contributed by atoms with Crippen molar-refractivity contribution in [2.24, 2.45) is 5.10 Å². The third kappa shape index (κ3) is 4.49. The van der Waals surface area contributed by atoms with E-state index in [9.17, 15) is 14.0 Å². The number of amides is 2. The summed E-state index contributed by atoms with van der Waals surface area (Å²) in [6, 6.07) is 11.2.